The molecular formula is C20H20ClN3O2. The third kappa shape index (κ3) is 2.97. The molecule has 6 heteroatoms. The molecular weight excluding hydrogens is 350 g/mol. The van der Waals surface area contributed by atoms with Gasteiger partial charge in [0.05, 0.1) is 28.4 Å². The van der Waals surface area contributed by atoms with E-state index in [0.717, 1.165) is 16.6 Å². The number of nitrogens with zero attached hydrogens (tertiary/aromatic N) is 2. The van der Waals surface area contributed by atoms with Gasteiger partial charge >= 0.3 is 0 Å². The molecule has 2 aromatic heterocycles. The summed E-state index contributed by atoms with van der Waals surface area (Å²) < 4.78 is 1.82. The maximum Gasteiger partial charge on any atom is 0.268 e. The van der Waals surface area contributed by atoms with E-state index in [2.05, 4.69) is 10.3 Å². The van der Waals surface area contributed by atoms with Crippen molar-refractivity contribution in [3.05, 3.63) is 65.1 Å². The number of para-hydroxylation sites is 1. The largest absolute Gasteiger partial charge is 0.393 e. The molecule has 1 aliphatic carbocycles. The maximum absolute atomic E-state index is 13.0. The van der Waals surface area contributed by atoms with E-state index in [1.807, 2.05) is 54.1 Å². The number of nitrogens with one attached hydrogen (secondary N) is 1. The normalized spacial score (nSPS) is 20.6. The van der Waals surface area contributed by atoms with Crippen LogP contribution in [0, 0.1) is 5.92 Å². The molecule has 1 aliphatic rings. The van der Waals surface area contributed by atoms with Gasteiger partial charge in [-0.15, -0.1) is 0 Å². The molecule has 0 radical (unpaired) electrons. The van der Waals surface area contributed by atoms with Crippen molar-refractivity contribution in [1.29, 1.82) is 0 Å². The molecule has 1 amide bonds. The van der Waals surface area contributed by atoms with Crippen molar-refractivity contribution in [3.8, 4) is 0 Å². The van der Waals surface area contributed by atoms with E-state index in [1.54, 1.807) is 6.20 Å². The van der Waals surface area contributed by atoms with Crippen LogP contribution >= 0.6 is 11.6 Å². The standard InChI is InChI=1S/C20H20ClN3O2/c1-24-17(11-12-5-4-6-15(21)19(12)24)20(26)23-18(13-9-14(25)10-13)16-7-2-3-8-22-16/h2-8,11,13-14,18,25H,9-10H2,1H3,(H,23,26). The molecule has 134 valence electrons. The van der Waals surface area contributed by atoms with Gasteiger partial charge in [0.2, 0.25) is 0 Å². The average molecular weight is 370 g/mol. The first-order valence-electron chi connectivity index (χ1n) is 8.68. The zero-order valence-corrected chi connectivity index (χ0v) is 15.1. The van der Waals surface area contributed by atoms with E-state index >= 15 is 0 Å². The van der Waals surface area contributed by atoms with Crippen LogP contribution in [-0.2, 0) is 7.05 Å². The topological polar surface area (TPSA) is 67.2 Å². The van der Waals surface area contributed by atoms with Gasteiger partial charge in [-0.2, -0.15) is 0 Å². The Morgan fingerprint density at radius 2 is 2.12 bits per heavy atom. The third-order valence-electron chi connectivity index (χ3n) is 5.15. The molecule has 0 aliphatic heterocycles. The Bertz CT molecular complexity index is 948. The number of carbonyl (C=O) groups excluding carboxylic acids is 1. The van der Waals surface area contributed by atoms with Crippen molar-refractivity contribution in [3.63, 3.8) is 0 Å². The Kier molecular flexibility index (Phi) is 4.42. The van der Waals surface area contributed by atoms with Crippen LogP contribution in [0.3, 0.4) is 0 Å². The summed E-state index contributed by atoms with van der Waals surface area (Å²) >= 11 is 6.29. The number of aromatic nitrogens is 2. The second kappa shape index (κ2) is 6.74. The average Bonchev–Trinajstić information content (AvgIpc) is 2.96. The molecule has 1 saturated carbocycles. The molecule has 4 rings (SSSR count). The Morgan fingerprint density at radius 1 is 1.31 bits per heavy atom. The highest BCUT2D eigenvalue weighted by Gasteiger charge is 2.36. The number of halogens is 1. The zero-order valence-electron chi connectivity index (χ0n) is 14.4. The molecule has 0 spiro atoms. The zero-order chi connectivity index (χ0) is 18.3. The number of amides is 1. The van der Waals surface area contributed by atoms with Gasteiger partial charge in [-0.3, -0.25) is 9.78 Å². The molecule has 2 N–H and O–H groups in total. The van der Waals surface area contributed by atoms with Crippen LogP contribution in [-0.4, -0.2) is 26.7 Å². The highest BCUT2D eigenvalue weighted by atomic mass is 35.5. The summed E-state index contributed by atoms with van der Waals surface area (Å²) in [4.78, 5) is 17.4. The minimum absolute atomic E-state index is 0.170. The van der Waals surface area contributed by atoms with Crippen molar-refractivity contribution in [2.75, 3.05) is 0 Å². The number of rotatable bonds is 4. The molecule has 1 fully saturated rings. The first-order chi connectivity index (χ1) is 12.5. The van der Waals surface area contributed by atoms with E-state index < -0.39 is 0 Å². The molecule has 1 unspecified atom stereocenters. The van der Waals surface area contributed by atoms with Crippen molar-refractivity contribution in [2.45, 2.75) is 25.0 Å². The fourth-order valence-electron chi connectivity index (χ4n) is 3.70. The second-order valence-electron chi connectivity index (χ2n) is 6.86. The monoisotopic (exact) mass is 369 g/mol. The highest BCUT2D eigenvalue weighted by molar-refractivity contribution is 6.35. The van der Waals surface area contributed by atoms with Crippen molar-refractivity contribution < 1.29 is 9.90 Å². The smallest absolute Gasteiger partial charge is 0.268 e. The number of hydrogen-bond donors (Lipinski definition) is 2. The van der Waals surface area contributed by atoms with Gasteiger partial charge in [0, 0.05) is 18.6 Å². The summed E-state index contributed by atoms with van der Waals surface area (Å²) in [5.41, 5.74) is 2.20. The first-order valence-corrected chi connectivity index (χ1v) is 9.06. The lowest BCUT2D eigenvalue weighted by atomic mass is 9.76. The van der Waals surface area contributed by atoms with Gasteiger partial charge < -0.3 is 15.0 Å². The Morgan fingerprint density at radius 3 is 2.77 bits per heavy atom. The number of carbonyl (C=O) groups is 1. The quantitative estimate of drug-likeness (QED) is 0.740. The van der Waals surface area contributed by atoms with E-state index in [4.69, 9.17) is 11.6 Å². The summed E-state index contributed by atoms with van der Waals surface area (Å²) in [6.07, 6.45) is 2.77. The van der Waals surface area contributed by atoms with Gasteiger partial charge in [0.15, 0.2) is 0 Å². The molecule has 0 bridgehead atoms. The fourth-order valence-corrected chi connectivity index (χ4v) is 4.00. The molecule has 1 atom stereocenters. The molecule has 5 nitrogen and oxygen atoms in total. The number of aliphatic hydroxyl groups excluding tert-OH is 1. The minimum Gasteiger partial charge on any atom is -0.393 e. The predicted molar refractivity (Wildman–Crippen MR) is 101 cm³/mol. The number of hydrogen-bond acceptors (Lipinski definition) is 3. The number of aliphatic hydroxyl groups is 1. The van der Waals surface area contributed by atoms with Gasteiger partial charge in [0.25, 0.3) is 5.91 Å². The lowest BCUT2D eigenvalue weighted by Crippen LogP contribution is -2.42. The number of aryl methyl sites for hydroxylation is 1. The Hall–Kier alpha value is -2.37. The van der Waals surface area contributed by atoms with Crippen LogP contribution in [0.25, 0.3) is 10.9 Å². The first kappa shape index (κ1) is 17.1. The van der Waals surface area contributed by atoms with Gasteiger partial charge in [-0.05, 0) is 43.0 Å². The van der Waals surface area contributed by atoms with Crippen molar-refractivity contribution in [2.24, 2.45) is 13.0 Å². The van der Waals surface area contributed by atoms with E-state index in [1.165, 1.54) is 0 Å². The van der Waals surface area contributed by atoms with Crippen LogP contribution in [0.1, 0.15) is 35.1 Å². The lowest BCUT2D eigenvalue weighted by molar-refractivity contribution is 0.0227. The van der Waals surface area contributed by atoms with Gasteiger partial charge in [-0.25, -0.2) is 0 Å². The van der Waals surface area contributed by atoms with E-state index in [9.17, 15) is 9.90 Å². The molecule has 3 aromatic rings. The molecule has 1 aromatic carbocycles. The maximum atomic E-state index is 13.0. The third-order valence-corrected chi connectivity index (χ3v) is 5.46. The van der Waals surface area contributed by atoms with Crippen molar-refractivity contribution in [1.82, 2.24) is 14.9 Å². The second-order valence-corrected chi connectivity index (χ2v) is 7.26. The fraction of sp³-hybridized carbons (Fsp3) is 0.300. The molecule has 26 heavy (non-hydrogen) atoms. The van der Waals surface area contributed by atoms with Gasteiger partial charge in [0.1, 0.15) is 5.69 Å². The van der Waals surface area contributed by atoms with Crippen LogP contribution in [0.15, 0.2) is 48.7 Å². The highest BCUT2D eigenvalue weighted by Crippen LogP contribution is 2.37. The van der Waals surface area contributed by atoms with E-state index in [0.29, 0.717) is 23.6 Å². The Labute approximate surface area is 156 Å². The lowest BCUT2D eigenvalue weighted by Gasteiger charge is -2.37. The Balaban J connectivity index is 1.65. The molecule has 0 saturated heterocycles. The van der Waals surface area contributed by atoms with Gasteiger partial charge in [-0.1, -0.05) is 29.8 Å². The van der Waals surface area contributed by atoms with Crippen LogP contribution in [0.4, 0.5) is 0 Å². The predicted octanol–water partition coefficient (Wildman–Crippen LogP) is 3.47. The van der Waals surface area contributed by atoms with Crippen molar-refractivity contribution >= 4 is 28.4 Å². The summed E-state index contributed by atoms with van der Waals surface area (Å²) in [7, 11) is 1.84. The molecule has 2 heterocycles. The number of benzene rings is 1. The van der Waals surface area contributed by atoms with Crippen LogP contribution in [0.2, 0.25) is 5.02 Å². The van der Waals surface area contributed by atoms with Crippen LogP contribution in [0.5, 0.6) is 0 Å². The summed E-state index contributed by atoms with van der Waals surface area (Å²) in [6, 6.07) is 12.9. The van der Waals surface area contributed by atoms with Crippen LogP contribution < -0.4 is 5.32 Å². The summed E-state index contributed by atoms with van der Waals surface area (Å²) in [6.45, 7) is 0. The number of pyridine rings is 1. The summed E-state index contributed by atoms with van der Waals surface area (Å²) in [5, 5.41) is 14.3. The summed E-state index contributed by atoms with van der Waals surface area (Å²) in [5.74, 6) is 0.0129. The van der Waals surface area contributed by atoms with E-state index in [-0.39, 0.29) is 24.0 Å². The minimum atomic E-state index is -0.292. The number of fused-ring (bicyclic) bond motifs is 1. The SMILES string of the molecule is Cn1c(C(=O)NC(c2ccccn2)C2CC(O)C2)cc2cccc(Cl)c21.